The number of rotatable bonds is 3. The van der Waals surface area contributed by atoms with Crippen molar-refractivity contribution in [1.29, 1.82) is 0 Å². The minimum absolute atomic E-state index is 0.0621. The van der Waals surface area contributed by atoms with Gasteiger partial charge >= 0.3 is 0 Å². The van der Waals surface area contributed by atoms with Crippen LogP contribution in [0.4, 0.5) is 0 Å². The molecule has 1 spiro atoms. The molecule has 1 aromatic carbocycles. The number of aromatic hydroxyl groups is 1. The van der Waals surface area contributed by atoms with Crippen LogP contribution in [0.25, 0.3) is 0 Å². The molecule has 3 N–H and O–H groups in total. The van der Waals surface area contributed by atoms with Crippen LogP contribution in [0.3, 0.4) is 0 Å². The highest BCUT2D eigenvalue weighted by atomic mass is 32.2. The Labute approximate surface area is 227 Å². The lowest BCUT2D eigenvalue weighted by molar-refractivity contribution is -0.199. The van der Waals surface area contributed by atoms with E-state index in [9.17, 15) is 28.2 Å². The molecule has 3 aliphatic heterocycles. The zero-order valence-electron chi connectivity index (χ0n) is 21.9. The Kier molecular flexibility index (Phi) is 6.04. The van der Waals surface area contributed by atoms with E-state index < -0.39 is 33.3 Å². The first-order chi connectivity index (χ1) is 18.4. The maximum Gasteiger partial charge on any atom is 0.261 e. The van der Waals surface area contributed by atoms with Gasteiger partial charge in [-0.1, -0.05) is 12.1 Å². The number of nitrogens with zero attached hydrogens (tertiary/aromatic N) is 2. The number of hydrogen-bond acceptors (Lipinski definition) is 8. The van der Waals surface area contributed by atoms with Crippen LogP contribution in [-0.2, 0) is 31.5 Å². The molecule has 1 unspecified atom stereocenters. The van der Waals surface area contributed by atoms with Crippen molar-refractivity contribution in [1.82, 2.24) is 9.80 Å². The molecule has 3 heterocycles. The van der Waals surface area contributed by atoms with Crippen molar-refractivity contribution in [3.05, 3.63) is 47.1 Å². The lowest BCUT2D eigenvalue weighted by Gasteiger charge is -2.64. The van der Waals surface area contributed by atoms with Crippen LogP contribution in [0.2, 0.25) is 0 Å². The monoisotopic (exact) mass is 558 g/mol. The molecule has 6 aliphatic rings. The van der Waals surface area contributed by atoms with Crippen LogP contribution in [-0.4, -0.2) is 87.9 Å². The zero-order valence-corrected chi connectivity index (χ0v) is 22.7. The van der Waals surface area contributed by atoms with E-state index in [4.69, 9.17) is 9.29 Å². The minimum Gasteiger partial charge on any atom is -0.504 e. The third-order valence-electron chi connectivity index (χ3n) is 9.66. The molecule has 11 heteroatoms. The third-order valence-corrected chi connectivity index (χ3v) is 9.66. The summed E-state index contributed by atoms with van der Waals surface area (Å²) in [6, 6.07) is 3.05. The summed E-state index contributed by atoms with van der Waals surface area (Å²) >= 11 is 0. The summed E-state index contributed by atoms with van der Waals surface area (Å²) in [5.74, 6) is 0.145. The number of aliphatic hydroxyl groups is 1. The van der Waals surface area contributed by atoms with E-state index in [1.807, 2.05) is 12.1 Å². The van der Waals surface area contributed by atoms with E-state index in [1.165, 1.54) is 4.90 Å². The fraction of sp³-hybridized carbons (Fsp3) is 0.571. The van der Waals surface area contributed by atoms with Gasteiger partial charge < -0.3 is 14.9 Å². The van der Waals surface area contributed by atoms with Gasteiger partial charge in [0.25, 0.3) is 21.9 Å². The summed E-state index contributed by atoms with van der Waals surface area (Å²) in [7, 11) is -3.67. The van der Waals surface area contributed by atoms with Crippen LogP contribution in [0, 0.1) is 0 Å². The van der Waals surface area contributed by atoms with Crippen LogP contribution in [0.1, 0.15) is 56.1 Å². The molecule has 210 valence electrons. The number of carbonyl (C=O) groups excluding carboxylic acids is 2. The summed E-state index contributed by atoms with van der Waals surface area (Å²) in [4.78, 5) is 30.7. The molecule has 1 saturated heterocycles. The second-order valence-electron chi connectivity index (χ2n) is 11.6. The number of phenolic OH excluding ortho intramolecular Hbond substituents is 1. The average molecular weight is 559 g/mol. The number of carbonyl (C=O) groups is 2. The van der Waals surface area contributed by atoms with E-state index in [0.29, 0.717) is 68.2 Å². The first-order valence-electron chi connectivity index (χ1n) is 13.5. The maximum absolute atomic E-state index is 13.5. The molecule has 2 bridgehead atoms. The fourth-order valence-electron chi connectivity index (χ4n) is 8.32. The number of phenols is 1. The second kappa shape index (κ2) is 8.89. The molecule has 39 heavy (non-hydrogen) atoms. The Bertz CT molecular complexity index is 1380. The SMILES string of the molecule is C=CCN1CC[C@]23c4c5ccc(O)c4O[C@H]2[C@H](N2C(=O)C4=C(CCCC4)C2=O)CCC3(O)[C@H]1C5.CS(=O)(=O)O. The Morgan fingerprint density at radius 1 is 1.15 bits per heavy atom. The number of ether oxygens (including phenoxy) is 1. The van der Waals surface area contributed by atoms with E-state index in [0.717, 1.165) is 30.5 Å². The van der Waals surface area contributed by atoms with Crippen molar-refractivity contribution in [2.75, 3.05) is 19.3 Å². The van der Waals surface area contributed by atoms with Crippen LogP contribution in [0.15, 0.2) is 35.9 Å². The van der Waals surface area contributed by atoms with E-state index in [-0.39, 0.29) is 23.6 Å². The summed E-state index contributed by atoms with van der Waals surface area (Å²) in [5, 5.41) is 23.2. The molecule has 5 atom stereocenters. The highest BCUT2D eigenvalue weighted by Gasteiger charge is 2.74. The van der Waals surface area contributed by atoms with Crippen LogP contribution < -0.4 is 4.74 Å². The van der Waals surface area contributed by atoms with Gasteiger partial charge in [0, 0.05) is 29.3 Å². The Morgan fingerprint density at radius 3 is 2.41 bits per heavy atom. The molecule has 10 nitrogen and oxygen atoms in total. The van der Waals surface area contributed by atoms with Crippen LogP contribution >= 0.6 is 0 Å². The Morgan fingerprint density at radius 2 is 1.79 bits per heavy atom. The summed E-state index contributed by atoms with van der Waals surface area (Å²) < 4.78 is 32.4. The number of amides is 2. The van der Waals surface area contributed by atoms with Gasteiger partial charge in [-0.25, -0.2) is 0 Å². The standard InChI is InChI=1S/C27H30N2O5.CH4O3S/c1-2-12-28-13-11-26-21-15-7-8-19(30)22(21)34-23(26)18(9-10-27(26,33)20(28)14-15)29-24(31)16-5-3-4-6-17(16)25(29)32;1-5(2,3)4/h2,7-8,18,20,23,30,33H,1,3-6,9-14H2;1H3,(H,2,3,4)/t18-,20-,23+,26+,27?;/m1./s1. The first kappa shape index (κ1) is 26.5. The lowest BCUT2D eigenvalue weighted by atomic mass is 9.48. The van der Waals surface area contributed by atoms with Crippen molar-refractivity contribution in [3.8, 4) is 11.5 Å². The van der Waals surface area contributed by atoms with E-state index in [2.05, 4.69) is 11.5 Å². The summed E-state index contributed by atoms with van der Waals surface area (Å²) in [5.41, 5.74) is 1.50. The predicted molar refractivity (Wildman–Crippen MR) is 141 cm³/mol. The van der Waals surface area contributed by atoms with Gasteiger partial charge in [-0.2, -0.15) is 8.42 Å². The highest BCUT2D eigenvalue weighted by Crippen LogP contribution is 2.66. The normalized spacial score (nSPS) is 34.6. The largest absolute Gasteiger partial charge is 0.504 e. The fourth-order valence-corrected chi connectivity index (χ4v) is 8.32. The van der Waals surface area contributed by atoms with Crippen molar-refractivity contribution in [3.63, 3.8) is 0 Å². The van der Waals surface area contributed by atoms with Gasteiger partial charge in [-0.3, -0.25) is 23.9 Å². The molecular formula is C28H34N2O8S. The van der Waals surface area contributed by atoms with Gasteiger partial charge in [-0.05, 0) is 69.5 Å². The smallest absolute Gasteiger partial charge is 0.261 e. The number of hydrogen-bond donors (Lipinski definition) is 3. The van der Waals surface area contributed by atoms with Crippen molar-refractivity contribution >= 4 is 21.9 Å². The molecule has 1 saturated carbocycles. The Balaban J connectivity index is 0.000000510. The second-order valence-corrected chi connectivity index (χ2v) is 13.1. The molecular weight excluding hydrogens is 524 g/mol. The Hall–Kier alpha value is -2.73. The van der Waals surface area contributed by atoms with Crippen LogP contribution in [0.5, 0.6) is 11.5 Å². The maximum atomic E-state index is 13.5. The van der Waals surface area contributed by atoms with E-state index in [1.54, 1.807) is 6.07 Å². The van der Waals surface area contributed by atoms with Gasteiger partial charge in [-0.15, -0.1) is 6.58 Å². The van der Waals surface area contributed by atoms with Crippen molar-refractivity contribution in [2.24, 2.45) is 0 Å². The number of benzene rings is 1. The van der Waals surface area contributed by atoms with Gasteiger partial charge in [0.05, 0.1) is 23.3 Å². The van der Waals surface area contributed by atoms with Crippen molar-refractivity contribution in [2.45, 2.75) is 80.6 Å². The molecule has 2 fully saturated rings. The van der Waals surface area contributed by atoms with Gasteiger partial charge in [0.15, 0.2) is 11.5 Å². The number of imide groups is 1. The number of likely N-dealkylation sites (tertiary alicyclic amines) is 1. The molecule has 1 aromatic rings. The zero-order chi connectivity index (χ0) is 27.9. The molecule has 3 aliphatic carbocycles. The van der Waals surface area contributed by atoms with Gasteiger partial charge in [0.1, 0.15) is 6.10 Å². The number of piperidine rings is 1. The van der Waals surface area contributed by atoms with Gasteiger partial charge in [0.2, 0.25) is 0 Å². The minimum atomic E-state index is -3.67. The topological polar surface area (TPSA) is 145 Å². The lowest BCUT2D eigenvalue weighted by Crippen LogP contribution is -2.78. The quantitative estimate of drug-likeness (QED) is 0.288. The highest BCUT2D eigenvalue weighted by molar-refractivity contribution is 7.85. The average Bonchev–Trinajstić information content (AvgIpc) is 3.35. The predicted octanol–water partition coefficient (Wildman–Crippen LogP) is 1.84. The molecule has 0 radical (unpaired) electrons. The first-order valence-corrected chi connectivity index (χ1v) is 15.4. The summed E-state index contributed by atoms with van der Waals surface area (Å²) in [6.07, 6.45) is 7.49. The van der Waals surface area contributed by atoms with Crippen molar-refractivity contribution < 1.29 is 37.5 Å². The molecule has 0 aromatic heterocycles. The third kappa shape index (κ3) is 3.66. The molecule has 7 rings (SSSR count). The summed E-state index contributed by atoms with van der Waals surface area (Å²) in [6.45, 7) is 5.37. The van der Waals surface area contributed by atoms with E-state index >= 15 is 0 Å². The molecule has 2 amide bonds.